The van der Waals surface area contributed by atoms with E-state index in [1.54, 1.807) is 34.0 Å². The summed E-state index contributed by atoms with van der Waals surface area (Å²) in [7, 11) is 6.03. The molecule has 16 rings (SSSR count). The van der Waals surface area contributed by atoms with Crippen LogP contribution >= 0.6 is 45.3 Å². The zero-order chi connectivity index (χ0) is 59.3. The zero-order valence-electron chi connectivity index (χ0n) is 49.8. The number of nitrogens with one attached hydrogen (secondary N) is 3. The molecule has 3 N–H and O–H groups in total. The second-order valence-corrected chi connectivity index (χ2v) is 27.3. The first kappa shape index (κ1) is 60.9. The Hall–Kier alpha value is -7.32. The van der Waals surface area contributed by atoms with Crippen LogP contribution in [-0.4, -0.2) is 40.8 Å². The van der Waals surface area contributed by atoms with Gasteiger partial charge in [0.25, 0.3) is 0 Å². The minimum Gasteiger partial charge on any atom is -0.481 e. The Balaban J connectivity index is 0.000000114. The topological polar surface area (TPSA) is 73.0 Å². The maximum atomic E-state index is 6.61. The van der Waals surface area contributed by atoms with E-state index in [4.69, 9.17) is 18.9 Å². The summed E-state index contributed by atoms with van der Waals surface area (Å²) in [5, 5.41) is 28.1. The zero-order valence-corrected chi connectivity index (χ0v) is 53.1. The molecule has 4 aromatic heterocycles. The lowest BCUT2D eigenvalue weighted by Gasteiger charge is -2.20. The van der Waals surface area contributed by atoms with Crippen molar-refractivity contribution in [2.45, 2.75) is 68.9 Å². The Morgan fingerprint density at radius 3 is 0.784 bits per heavy atom. The molecule has 4 saturated carbocycles. The highest BCUT2D eigenvalue weighted by Gasteiger charge is 2.61. The van der Waals surface area contributed by atoms with Crippen molar-refractivity contribution in [2.24, 2.45) is 23.7 Å². The van der Waals surface area contributed by atoms with E-state index in [0.29, 0.717) is 23.7 Å². The van der Waals surface area contributed by atoms with Crippen molar-refractivity contribution in [1.29, 1.82) is 0 Å². The number of hydrogen-bond acceptors (Lipinski definition) is 11. The third-order valence-corrected chi connectivity index (χ3v) is 22.1. The summed E-state index contributed by atoms with van der Waals surface area (Å²) in [4.78, 5) is 5.37. The first-order chi connectivity index (χ1) is 42.8. The molecule has 4 heterocycles. The SMILES string of the molecule is C.CC[C@H]1CC1(Oc1cccc2ccccc12)c1cccs1.CNC[C@@H]1CC1(Oc1cccc2ccccc12)c1cccs1.CNC[C@@H]1C[C@]1(Oc1cccc2ccccc12)c1cccs1.CNC[C@H]1C[C@]1(Oc1cccc2ccccc12)c1cccs1. The first-order valence-corrected chi connectivity index (χ1v) is 34.1. The Morgan fingerprint density at radius 2 is 0.557 bits per heavy atom. The van der Waals surface area contributed by atoms with Crippen molar-refractivity contribution in [3.8, 4) is 23.0 Å². The molecule has 11 heteroatoms. The van der Waals surface area contributed by atoms with Gasteiger partial charge in [-0.1, -0.05) is 184 Å². The molecule has 0 spiro atoms. The summed E-state index contributed by atoms with van der Waals surface area (Å²) in [6.07, 6.45) is 5.54. The summed E-state index contributed by atoms with van der Waals surface area (Å²) in [5.74, 6) is 6.23. The van der Waals surface area contributed by atoms with E-state index in [1.807, 2.05) is 32.5 Å². The minimum atomic E-state index is -0.151. The molecule has 0 radical (unpaired) electrons. The number of benzene rings is 8. The van der Waals surface area contributed by atoms with E-state index in [9.17, 15) is 0 Å². The Morgan fingerprint density at radius 1 is 0.318 bits per heavy atom. The van der Waals surface area contributed by atoms with E-state index in [0.717, 1.165) is 68.3 Å². The Bertz CT molecular complexity index is 3850. The highest BCUT2D eigenvalue weighted by molar-refractivity contribution is 7.11. The van der Waals surface area contributed by atoms with E-state index in [1.165, 1.54) is 69.0 Å². The van der Waals surface area contributed by atoms with Gasteiger partial charge in [0.15, 0.2) is 0 Å². The summed E-state index contributed by atoms with van der Waals surface area (Å²) >= 11 is 7.19. The fraction of sp³-hybridized carbons (Fsp3) is 0.273. The van der Waals surface area contributed by atoms with Gasteiger partial charge >= 0.3 is 0 Å². The van der Waals surface area contributed by atoms with Crippen LogP contribution in [0.5, 0.6) is 23.0 Å². The van der Waals surface area contributed by atoms with Crippen LogP contribution in [0, 0.1) is 23.7 Å². The molecule has 450 valence electrons. The molecular weight excluding hydrogens is 1160 g/mol. The van der Waals surface area contributed by atoms with Crippen LogP contribution in [0.1, 0.15) is 66.0 Å². The molecule has 8 atom stereocenters. The number of thiophene rings is 4. The van der Waals surface area contributed by atoms with Gasteiger partial charge < -0.3 is 34.9 Å². The molecule has 4 aliphatic carbocycles. The smallest absolute Gasteiger partial charge is 0.148 e. The molecule has 4 fully saturated rings. The van der Waals surface area contributed by atoms with Gasteiger partial charge in [0.1, 0.15) is 45.4 Å². The van der Waals surface area contributed by atoms with Crippen LogP contribution in [0.25, 0.3) is 43.1 Å². The molecule has 88 heavy (non-hydrogen) atoms. The number of fused-ring (bicyclic) bond motifs is 4. The van der Waals surface area contributed by atoms with E-state index in [2.05, 4.69) is 263 Å². The van der Waals surface area contributed by atoms with Crippen LogP contribution in [-0.2, 0) is 22.4 Å². The predicted octanol–water partition coefficient (Wildman–Crippen LogP) is 19.5. The Kier molecular flexibility index (Phi) is 18.6. The van der Waals surface area contributed by atoms with Crippen LogP contribution < -0.4 is 34.9 Å². The quantitative estimate of drug-likeness (QED) is 0.0745. The molecule has 12 aromatic rings. The van der Waals surface area contributed by atoms with E-state index < -0.39 is 0 Å². The first-order valence-electron chi connectivity index (χ1n) is 30.6. The highest BCUT2D eigenvalue weighted by atomic mass is 32.1. The predicted molar refractivity (Wildman–Crippen MR) is 374 cm³/mol. The molecule has 0 saturated heterocycles. The number of hydrogen-bond donors (Lipinski definition) is 3. The van der Waals surface area contributed by atoms with Gasteiger partial charge in [-0.2, -0.15) is 0 Å². The lowest BCUT2D eigenvalue weighted by Crippen LogP contribution is -2.22. The van der Waals surface area contributed by atoms with Gasteiger partial charge in [0.2, 0.25) is 0 Å². The van der Waals surface area contributed by atoms with Crippen LogP contribution in [0.4, 0.5) is 0 Å². The van der Waals surface area contributed by atoms with Crippen LogP contribution in [0.15, 0.2) is 240 Å². The molecule has 0 bridgehead atoms. The molecule has 4 aliphatic rings. The minimum absolute atomic E-state index is 0. The molecule has 0 amide bonds. The van der Waals surface area contributed by atoms with Crippen molar-refractivity contribution in [3.63, 3.8) is 0 Å². The van der Waals surface area contributed by atoms with Gasteiger partial charge in [-0.15, -0.1) is 45.3 Å². The summed E-state index contributed by atoms with van der Waals surface area (Å²) < 4.78 is 26.4. The van der Waals surface area contributed by atoms with Gasteiger partial charge in [0, 0.05) is 104 Å². The monoisotopic (exact) mass is 1240 g/mol. The standard InChI is InChI=1S/3C19H19NOS.C19H18OS.CH4/c3*1-20-13-15-12-19(15,18-10-5-11-22-18)21-17-9-4-7-14-6-2-3-8-16(14)17;1-2-15-13-19(15,18-11-6-12-21-18)20-17-10-5-8-14-7-3-4-9-16(14)17;/h3*2-11,15,20H,12-13H2,1H3;3-12,15H,2,13H2,1H3;1H4/t15-,19?;15-,19+;15-,19-;15-,19?;/m0010./s1. The average molecular weight is 1240 g/mol. The van der Waals surface area contributed by atoms with Crippen molar-refractivity contribution in [1.82, 2.24) is 16.0 Å². The normalized spacial score (nSPS) is 23.5. The van der Waals surface area contributed by atoms with E-state index >= 15 is 0 Å². The number of rotatable bonds is 19. The third kappa shape index (κ3) is 12.4. The lowest BCUT2D eigenvalue weighted by molar-refractivity contribution is 0.166. The number of ether oxygens (including phenoxy) is 4. The fourth-order valence-electron chi connectivity index (χ4n) is 13.1. The van der Waals surface area contributed by atoms with Crippen molar-refractivity contribution in [2.75, 3.05) is 40.8 Å². The van der Waals surface area contributed by atoms with Crippen LogP contribution in [0.3, 0.4) is 0 Å². The molecule has 0 aliphatic heterocycles. The average Bonchev–Trinajstić information content (AvgIpc) is 1.70. The largest absolute Gasteiger partial charge is 0.481 e. The van der Waals surface area contributed by atoms with Crippen molar-refractivity contribution >= 4 is 88.4 Å². The summed E-state index contributed by atoms with van der Waals surface area (Å²) in [6.45, 7) is 5.22. The van der Waals surface area contributed by atoms with Crippen molar-refractivity contribution < 1.29 is 18.9 Å². The maximum absolute atomic E-state index is 6.61. The van der Waals surface area contributed by atoms with Gasteiger partial charge in [0.05, 0.1) is 0 Å². The third-order valence-electron chi connectivity index (χ3n) is 18.0. The second kappa shape index (κ2) is 26.8. The van der Waals surface area contributed by atoms with Gasteiger partial charge in [-0.05, 0) is 126 Å². The summed E-state index contributed by atoms with van der Waals surface area (Å²) in [6, 6.07) is 76.2. The molecule has 2 unspecified atom stereocenters. The van der Waals surface area contributed by atoms with E-state index in [-0.39, 0.29) is 29.8 Å². The molecule has 7 nitrogen and oxygen atoms in total. The van der Waals surface area contributed by atoms with Crippen molar-refractivity contribution in [3.05, 3.63) is 259 Å². The Labute approximate surface area is 535 Å². The van der Waals surface area contributed by atoms with Gasteiger partial charge in [-0.25, -0.2) is 0 Å². The maximum Gasteiger partial charge on any atom is 0.148 e. The molecule has 8 aromatic carbocycles. The van der Waals surface area contributed by atoms with Crippen LogP contribution in [0.2, 0.25) is 0 Å². The fourth-order valence-corrected chi connectivity index (χ4v) is 16.9. The van der Waals surface area contributed by atoms with Gasteiger partial charge in [-0.3, -0.25) is 0 Å². The molecular formula is C77H79N3O4S4. The lowest BCUT2D eigenvalue weighted by atomic mass is 10.1. The summed E-state index contributed by atoms with van der Waals surface area (Å²) in [5.41, 5.74) is -0.545. The highest BCUT2D eigenvalue weighted by Crippen LogP contribution is 2.60. The second-order valence-electron chi connectivity index (χ2n) is 23.5.